The van der Waals surface area contributed by atoms with Gasteiger partial charge in [0.1, 0.15) is 5.75 Å². The molecule has 0 amide bonds. The van der Waals surface area contributed by atoms with Gasteiger partial charge in [-0.25, -0.2) is 0 Å². The summed E-state index contributed by atoms with van der Waals surface area (Å²) in [6.45, 7) is 5.06. The standard InChI is InChI=1S/C13H18O5S/c1-13(2,3)12(14)18-11-8-6-5-7-10(11)9-17-19(4,15)16/h5-8H,9H2,1-4H3. The van der Waals surface area contributed by atoms with E-state index in [0.717, 1.165) is 6.26 Å². The van der Waals surface area contributed by atoms with Crippen LogP contribution in [0, 0.1) is 5.41 Å². The van der Waals surface area contributed by atoms with Crippen LogP contribution in [0.4, 0.5) is 0 Å². The van der Waals surface area contributed by atoms with Crippen LogP contribution < -0.4 is 4.74 Å². The van der Waals surface area contributed by atoms with Gasteiger partial charge < -0.3 is 4.74 Å². The second-order valence-corrected chi connectivity index (χ2v) is 6.86. The van der Waals surface area contributed by atoms with Crippen LogP contribution in [0.5, 0.6) is 5.75 Å². The Bertz CT molecular complexity index is 555. The molecule has 0 heterocycles. The highest BCUT2D eigenvalue weighted by molar-refractivity contribution is 7.85. The zero-order valence-electron chi connectivity index (χ0n) is 11.5. The Hall–Kier alpha value is -1.40. The Balaban J connectivity index is 2.88. The lowest BCUT2D eigenvalue weighted by Gasteiger charge is -2.17. The van der Waals surface area contributed by atoms with Gasteiger partial charge in [0, 0.05) is 5.56 Å². The largest absolute Gasteiger partial charge is 0.426 e. The first-order valence-corrected chi connectivity index (χ1v) is 7.56. The van der Waals surface area contributed by atoms with Crippen molar-refractivity contribution in [2.45, 2.75) is 27.4 Å². The topological polar surface area (TPSA) is 69.7 Å². The molecule has 106 valence electrons. The van der Waals surface area contributed by atoms with Crippen LogP contribution in [-0.4, -0.2) is 20.6 Å². The van der Waals surface area contributed by atoms with E-state index in [1.165, 1.54) is 0 Å². The van der Waals surface area contributed by atoms with Gasteiger partial charge in [0.15, 0.2) is 0 Å². The lowest BCUT2D eigenvalue weighted by molar-refractivity contribution is -0.143. The summed E-state index contributed by atoms with van der Waals surface area (Å²) in [7, 11) is -3.54. The van der Waals surface area contributed by atoms with E-state index in [-0.39, 0.29) is 12.6 Å². The molecular formula is C13H18O5S. The molecule has 6 heteroatoms. The normalized spacial score (nSPS) is 12.2. The molecule has 0 fully saturated rings. The van der Waals surface area contributed by atoms with Crippen molar-refractivity contribution in [3.8, 4) is 5.75 Å². The fraction of sp³-hybridized carbons (Fsp3) is 0.462. The van der Waals surface area contributed by atoms with E-state index in [4.69, 9.17) is 8.92 Å². The van der Waals surface area contributed by atoms with E-state index in [0.29, 0.717) is 11.3 Å². The van der Waals surface area contributed by atoms with Gasteiger partial charge in [-0.15, -0.1) is 0 Å². The van der Waals surface area contributed by atoms with Gasteiger partial charge in [-0.1, -0.05) is 18.2 Å². The summed E-state index contributed by atoms with van der Waals surface area (Å²) in [6, 6.07) is 6.67. The van der Waals surface area contributed by atoms with Gasteiger partial charge in [-0.05, 0) is 26.8 Å². The minimum atomic E-state index is -3.54. The molecule has 0 N–H and O–H groups in total. The number of hydrogen-bond donors (Lipinski definition) is 0. The molecule has 1 aromatic carbocycles. The first-order chi connectivity index (χ1) is 8.59. The Labute approximate surface area is 113 Å². The minimum absolute atomic E-state index is 0.160. The monoisotopic (exact) mass is 286 g/mol. The molecule has 0 bridgehead atoms. The summed E-state index contributed by atoms with van der Waals surface area (Å²) >= 11 is 0. The number of benzene rings is 1. The fourth-order valence-electron chi connectivity index (χ4n) is 1.15. The molecule has 0 radical (unpaired) electrons. The predicted octanol–water partition coefficient (Wildman–Crippen LogP) is 2.11. The van der Waals surface area contributed by atoms with Crippen LogP contribution in [-0.2, 0) is 25.7 Å². The van der Waals surface area contributed by atoms with E-state index in [9.17, 15) is 13.2 Å². The van der Waals surface area contributed by atoms with Crippen molar-refractivity contribution in [1.29, 1.82) is 0 Å². The molecule has 0 aliphatic carbocycles. The maximum Gasteiger partial charge on any atom is 0.316 e. The summed E-state index contributed by atoms with van der Waals surface area (Å²) in [5, 5.41) is 0. The van der Waals surface area contributed by atoms with E-state index >= 15 is 0 Å². The van der Waals surface area contributed by atoms with Gasteiger partial charge in [0.05, 0.1) is 18.3 Å². The summed E-state index contributed by atoms with van der Waals surface area (Å²) in [5.41, 5.74) is -0.129. The van der Waals surface area contributed by atoms with E-state index in [1.807, 2.05) is 0 Å². The minimum Gasteiger partial charge on any atom is -0.426 e. The van der Waals surface area contributed by atoms with Gasteiger partial charge >= 0.3 is 5.97 Å². The fourth-order valence-corrected chi connectivity index (χ4v) is 1.49. The molecule has 1 rings (SSSR count). The van der Waals surface area contributed by atoms with Crippen LogP contribution in [0.15, 0.2) is 24.3 Å². The lowest BCUT2D eigenvalue weighted by Crippen LogP contribution is -2.26. The maximum absolute atomic E-state index is 11.8. The zero-order valence-corrected chi connectivity index (χ0v) is 12.3. The van der Waals surface area contributed by atoms with E-state index < -0.39 is 15.5 Å². The number of ether oxygens (including phenoxy) is 1. The second-order valence-electron chi connectivity index (χ2n) is 5.21. The number of hydrogen-bond acceptors (Lipinski definition) is 5. The van der Waals surface area contributed by atoms with Crippen LogP contribution in [0.25, 0.3) is 0 Å². The summed E-state index contributed by atoms with van der Waals surface area (Å²) < 4.78 is 31.9. The van der Waals surface area contributed by atoms with Crippen LogP contribution in [0.3, 0.4) is 0 Å². The van der Waals surface area contributed by atoms with Crippen molar-refractivity contribution >= 4 is 16.1 Å². The number of carbonyl (C=O) groups excluding carboxylic acids is 1. The molecule has 0 aromatic heterocycles. The molecule has 0 aliphatic heterocycles. The molecule has 0 spiro atoms. The third-order valence-electron chi connectivity index (χ3n) is 2.22. The smallest absolute Gasteiger partial charge is 0.316 e. The van der Waals surface area contributed by atoms with Crippen LogP contribution in [0.2, 0.25) is 0 Å². The highest BCUT2D eigenvalue weighted by Gasteiger charge is 2.24. The first-order valence-electron chi connectivity index (χ1n) is 5.74. The Morgan fingerprint density at radius 3 is 2.32 bits per heavy atom. The molecular weight excluding hydrogens is 268 g/mol. The van der Waals surface area contributed by atoms with Crippen molar-refractivity contribution in [2.24, 2.45) is 5.41 Å². The van der Waals surface area contributed by atoms with Crippen LogP contribution in [0.1, 0.15) is 26.3 Å². The van der Waals surface area contributed by atoms with Gasteiger partial charge in [0.2, 0.25) is 0 Å². The zero-order chi connectivity index (χ0) is 14.7. The number of esters is 1. The van der Waals surface area contributed by atoms with Crippen LogP contribution >= 0.6 is 0 Å². The first kappa shape index (κ1) is 15.7. The Morgan fingerprint density at radius 1 is 1.21 bits per heavy atom. The molecule has 0 saturated heterocycles. The molecule has 0 saturated carbocycles. The number of carbonyl (C=O) groups is 1. The van der Waals surface area contributed by atoms with Crippen molar-refractivity contribution in [1.82, 2.24) is 0 Å². The predicted molar refractivity (Wildman–Crippen MR) is 71.2 cm³/mol. The molecule has 19 heavy (non-hydrogen) atoms. The highest BCUT2D eigenvalue weighted by Crippen LogP contribution is 2.23. The molecule has 1 aromatic rings. The summed E-state index contributed by atoms with van der Waals surface area (Å²) in [5.74, 6) is -0.0784. The van der Waals surface area contributed by atoms with E-state index in [2.05, 4.69) is 0 Å². The third-order valence-corrected chi connectivity index (χ3v) is 2.76. The molecule has 0 unspecified atom stereocenters. The molecule has 0 aliphatic rings. The quantitative estimate of drug-likeness (QED) is 0.481. The second kappa shape index (κ2) is 5.71. The third kappa shape index (κ3) is 5.40. The lowest BCUT2D eigenvalue weighted by atomic mass is 9.97. The number of para-hydroxylation sites is 1. The van der Waals surface area contributed by atoms with E-state index in [1.54, 1.807) is 45.0 Å². The van der Waals surface area contributed by atoms with Crippen molar-refractivity contribution in [3.05, 3.63) is 29.8 Å². The summed E-state index contributed by atoms with van der Waals surface area (Å²) in [4.78, 5) is 11.8. The molecule has 5 nitrogen and oxygen atoms in total. The van der Waals surface area contributed by atoms with Gasteiger partial charge in [-0.3, -0.25) is 8.98 Å². The SMILES string of the molecule is CC(C)(C)C(=O)Oc1ccccc1COS(C)(=O)=O. The van der Waals surface area contributed by atoms with Crippen molar-refractivity contribution < 1.29 is 22.1 Å². The maximum atomic E-state index is 11.8. The average molecular weight is 286 g/mol. The molecule has 0 atom stereocenters. The van der Waals surface area contributed by atoms with Crippen molar-refractivity contribution in [3.63, 3.8) is 0 Å². The summed E-state index contributed by atoms with van der Waals surface area (Å²) in [6.07, 6.45) is 0.969. The van der Waals surface area contributed by atoms with Gasteiger partial charge in [0.25, 0.3) is 10.1 Å². The van der Waals surface area contributed by atoms with Crippen molar-refractivity contribution in [2.75, 3.05) is 6.26 Å². The average Bonchev–Trinajstić information content (AvgIpc) is 2.25. The Morgan fingerprint density at radius 2 is 1.79 bits per heavy atom. The van der Waals surface area contributed by atoms with Gasteiger partial charge in [-0.2, -0.15) is 8.42 Å². The Kier molecular flexibility index (Phi) is 4.70. The number of rotatable bonds is 4. The highest BCUT2D eigenvalue weighted by atomic mass is 32.2.